The molecular formula is C12H11BrClNO3. The van der Waals surface area contributed by atoms with E-state index in [9.17, 15) is 9.59 Å². The summed E-state index contributed by atoms with van der Waals surface area (Å²) >= 11 is 9.41. The molecule has 96 valence electrons. The van der Waals surface area contributed by atoms with Crippen LogP contribution in [0.3, 0.4) is 0 Å². The summed E-state index contributed by atoms with van der Waals surface area (Å²) in [6.45, 7) is 2.05. The Morgan fingerprint density at radius 1 is 1.56 bits per heavy atom. The number of nitrogens with zero attached hydrogens (tertiary/aromatic N) is 1. The number of carboxylic acid groups (broad SMARTS) is 1. The molecule has 0 bridgehead atoms. The molecule has 0 spiro atoms. The molecule has 1 aliphatic rings. The van der Waals surface area contributed by atoms with E-state index in [1.54, 1.807) is 6.07 Å². The number of halogens is 2. The number of aryl methyl sites for hydroxylation is 1. The number of rotatable bonds is 2. The molecule has 6 heteroatoms. The van der Waals surface area contributed by atoms with Crippen LogP contribution in [-0.2, 0) is 9.59 Å². The average molecular weight is 333 g/mol. The average Bonchev–Trinajstić information content (AvgIpc) is 2.66. The van der Waals surface area contributed by atoms with Crippen molar-refractivity contribution < 1.29 is 14.7 Å². The molecule has 1 heterocycles. The number of hydrogen-bond donors (Lipinski definition) is 1. The van der Waals surface area contributed by atoms with Crippen LogP contribution < -0.4 is 4.90 Å². The molecule has 1 amide bonds. The molecule has 0 aromatic heterocycles. The van der Waals surface area contributed by atoms with Crippen molar-refractivity contribution in [1.82, 2.24) is 0 Å². The molecule has 1 aliphatic heterocycles. The molecule has 1 N–H and O–H groups in total. The fourth-order valence-corrected chi connectivity index (χ4v) is 2.78. The molecule has 1 unspecified atom stereocenters. The molecule has 0 saturated carbocycles. The largest absolute Gasteiger partial charge is 0.481 e. The van der Waals surface area contributed by atoms with E-state index in [2.05, 4.69) is 15.9 Å². The van der Waals surface area contributed by atoms with E-state index in [1.807, 2.05) is 13.0 Å². The number of carboxylic acids is 1. The van der Waals surface area contributed by atoms with Crippen LogP contribution in [0.4, 0.5) is 5.69 Å². The van der Waals surface area contributed by atoms with Crippen molar-refractivity contribution in [3.05, 3.63) is 27.2 Å². The highest BCUT2D eigenvalue weighted by molar-refractivity contribution is 9.10. The van der Waals surface area contributed by atoms with E-state index < -0.39 is 11.9 Å². The van der Waals surface area contributed by atoms with E-state index in [-0.39, 0.29) is 18.9 Å². The summed E-state index contributed by atoms with van der Waals surface area (Å²) in [5, 5.41) is 9.50. The van der Waals surface area contributed by atoms with Crippen LogP contribution in [0.15, 0.2) is 16.6 Å². The molecule has 18 heavy (non-hydrogen) atoms. The Balaban J connectivity index is 2.35. The Bertz CT molecular complexity index is 532. The SMILES string of the molecule is Cc1cc(Br)c(N2CC(C(=O)O)CC2=O)cc1Cl. The van der Waals surface area contributed by atoms with Gasteiger partial charge in [0.1, 0.15) is 0 Å². The monoisotopic (exact) mass is 331 g/mol. The Morgan fingerprint density at radius 2 is 2.22 bits per heavy atom. The van der Waals surface area contributed by atoms with E-state index >= 15 is 0 Å². The minimum atomic E-state index is -0.944. The molecule has 0 radical (unpaired) electrons. The maximum atomic E-state index is 11.8. The van der Waals surface area contributed by atoms with Crippen LogP contribution in [-0.4, -0.2) is 23.5 Å². The molecule has 1 fully saturated rings. The Labute approximate surface area is 118 Å². The van der Waals surface area contributed by atoms with Gasteiger partial charge >= 0.3 is 5.97 Å². The second-order valence-corrected chi connectivity index (χ2v) is 5.56. The summed E-state index contributed by atoms with van der Waals surface area (Å²) in [6, 6.07) is 3.50. The van der Waals surface area contributed by atoms with Crippen LogP contribution in [0.5, 0.6) is 0 Å². The molecule has 1 saturated heterocycles. The van der Waals surface area contributed by atoms with Gasteiger partial charge in [0.15, 0.2) is 0 Å². The van der Waals surface area contributed by atoms with Gasteiger partial charge in [-0.15, -0.1) is 0 Å². The minimum Gasteiger partial charge on any atom is -0.481 e. The third-order valence-corrected chi connectivity index (χ3v) is 4.04. The predicted molar refractivity (Wildman–Crippen MR) is 72.0 cm³/mol. The number of benzene rings is 1. The lowest BCUT2D eigenvalue weighted by atomic mass is 10.1. The van der Waals surface area contributed by atoms with E-state index in [0.29, 0.717) is 10.7 Å². The maximum Gasteiger partial charge on any atom is 0.308 e. The number of anilines is 1. The molecule has 1 atom stereocenters. The van der Waals surface area contributed by atoms with Gasteiger partial charge in [-0.2, -0.15) is 0 Å². The smallest absolute Gasteiger partial charge is 0.308 e. The first kappa shape index (κ1) is 13.4. The third kappa shape index (κ3) is 2.37. The summed E-state index contributed by atoms with van der Waals surface area (Å²) in [5.41, 5.74) is 1.52. The van der Waals surface area contributed by atoms with E-state index in [4.69, 9.17) is 16.7 Å². The summed E-state index contributed by atoms with van der Waals surface area (Å²) in [4.78, 5) is 24.2. The molecule has 1 aromatic carbocycles. The second-order valence-electron chi connectivity index (χ2n) is 4.30. The van der Waals surface area contributed by atoms with Crippen molar-refractivity contribution in [1.29, 1.82) is 0 Å². The number of aliphatic carboxylic acids is 1. The first-order valence-electron chi connectivity index (χ1n) is 5.39. The van der Waals surface area contributed by atoms with Crippen molar-refractivity contribution in [3.63, 3.8) is 0 Å². The van der Waals surface area contributed by atoms with Crippen LogP contribution in [0.2, 0.25) is 5.02 Å². The maximum absolute atomic E-state index is 11.8. The Hall–Kier alpha value is -1.07. The molecule has 1 aromatic rings. The summed E-state index contributed by atoms with van der Waals surface area (Å²) < 4.78 is 0.740. The van der Waals surface area contributed by atoms with Crippen LogP contribution >= 0.6 is 27.5 Å². The lowest BCUT2D eigenvalue weighted by Gasteiger charge is -2.19. The van der Waals surface area contributed by atoms with Gasteiger partial charge in [-0.25, -0.2) is 0 Å². The highest BCUT2D eigenvalue weighted by Gasteiger charge is 2.35. The summed E-state index contributed by atoms with van der Waals surface area (Å²) in [6.07, 6.45) is 0.0350. The standard InChI is InChI=1S/C12H11BrClNO3/c1-6-2-8(13)10(4-9(6)14)15-5-7(12(17)18)3-11(15)16/h2,4,7H,3,5H2,1H3,(H,17,18). The van der Waals surface area contributed by atoms with Crippen molar-refractivity contribution in [2.24, 2.45) is 5.92 Å². The van der Waals surface area contributed by atoms with E-state index in [0.717, 1.165) is 10.0 Å². The first-order chi connectivity index (χ1) is 8.40. The number of carbonyl (C=O) groups excluding carboxylic acids is 1. The van der Waals surface area contributed by atoms with Crippen molar-refractivity contribution in [2.45, 2.75) is 13.3 Å². The van der Waals surface area contributed by atoms with Crippen molar-refractivity contribution in [3.8, 4) is 0 Å². The van der Waals surface area contributed by atoms with Crippen LogP contribution in [0.1, 0.15) is 12.0 Å². The number of amides is 1. The fraction of sp³-hybridized carbons (Fsp3) is 0.333. The highest BCUT2D eigenvalue weighted by atomic mass is 79.9. The van der Waals surface area contributed by atoms with Gasteiger partial charge in [-0.1, -0.05) is 11.6 Å². The van der Waals surface area contributed by atoms with Gasteiger partial charge in [0.05, 0.1) is 11.6 Å². The van der Waals surface area contributed by atoms with Crippen molar-refractivity contribution in [2.75, 3.05) is 11.4 Å². The highest BCUT2D eigenvalue weighted by Crippen LogP contribution is 2.35. The zero-order chi connectivity index (χ0) is 13.4. The van der Waals surface area contributed by atoms with Gasteiger partial charge in [0, 0.05) is 22.5 Å². The minimum absolute atomic E-state index is 0.0350. The van der Waals surface area contributed by atoms with Gasteiger partial charge in [-0.05, 0) is 40.5 Å². The molecular weight excluding hydrogens is 321 g/mol. The van der Waals surface area contributed by atoms with Crippen LogP contribution in [0.25, 0.3) is 0 Å². The zero-order valence-corrected chi connectivity index (χ0v) is 12.0. The van der Waals surface area contributed by atoms with Gasteiger partial charge in [-0.3, -0.25) is 9.59 Å². The number of carbonyl (C=O) groups is 2. The van der Waals surface area contributed by atoms with Crippen LogP contribution in [0, 0.1) is 12.8 Å². The van der Waals surface area contributed by atoms with E-state index in [1.165, 1.54) is 4.90 Å². The molecule has 0 aliphatic carbocycles. The molecule has 2 rings (SSSR count). The third-order valence-electron chi connectivity index (χ3n) is 2.99. The lowest BCUT2D eigenvalue weighted by molar-refractivity contribution is -0.141. The van der Waals surface area contributed by atoms with Gasteiger partial charge < -0.3 is 10.0 Å². The predicted octanol–water partition coefficient (Wildman–Crippen LogP) is 2.85. The summed E-state index contributed by atoms with van der Waals surface area (Å²) in [5.74, 6) is -1.78. The topological polar surface area (TPSA) is 57.6 Å². The molecule has 4 nitrogen and oxygen atoms in total. The lowest BCUT2D eigenvalue weighted by Crippen LogP contribution is -2.26. The zero-order valence-electron chi connectivity index (χ0n) is 9.61. The summed E-state index contributed by atoms with van der Waals surface area (Å²) in [7, 11) is 0. The first-order valence-corrected chi connectivity index (χ1v) is 6.56. The normalized spacial score (nSPS) is 19.4. The Kier molecular flexibility index (Phi) is 3.64. The Morgan fingerprint density at radius 3 is 2.78 bits per heavy atom. The quantitative estimate of drug-likeness (QED) is 0.906. The van der Waals surface area contributed by atoms with Gasteiger partial charge in [0.2, 0.25) is 5.91 Å². The second kappa shape index (κ2) is 4.90. The van der Waals surface area contributed by atoms with Crippen molar-refractivity contribution >= 4 is 45.1 Å². The fourth-order valence-electron chi connectivity index (χ4n) is 1.95. The number of hydrogen-bond acceptors (Lipinski definition) is 2. The van der Waals surface area contributed by atoms with Gasteiger partial charge in [0.25, 0.3) is 0 Å².